The van der Waals surface area contributed by atoms with Crippen LogP contribution in [0.3, 0.4) is 0 Å². The third-order valence-corrected chi connectivity index (χ3v) is 21.1. The van der Waals surface area contributed by atoms with Crippen molar-refractivity contribution in [3.63, 3.8) is 0 Å². The van der Waals surface area contributed by atoms with E-state index in [1.807, 2.05) is 33.9 Å². The van der Waals surface area contributed by atoms with Gasteiger partial charge in [0.2, 0.25) is 0 Å². The van der Waals surface area contributed by atoms with Gasteiger partial charge >= 0.3 is 0 Å². The molecule has 1 saturated carbocycles. The molecule has 1 unspecified atom stereocenters. The number of ketones is 1. The van der Waals surface area contributed by atoms with Crippen LogP contribution in [0.1, 0.15) is 145 Å². The minimum atomic E-state index is -2.11. The first-order valence-electron chi connectivity index (χ1n) is 22.4. The number of aryl methyl sites for hydroxylation is 1. The van der Waals surface area contributed by atoms with Crippen LogP contribution in [0.15, 0.2) is 84.8 Å². The number of allylic oxidation sites excluding steroid dienone is 2. The van der Waals surface area contributed by atoms with E-state index >= 15 is 0 Å². The van der Waals surface area contributed by atoms with Gasteiger partial charge in [-0.1, -0.05) is 172 Å². The normalized spacial score (nSPS) is 15.2. The zero-order chi connectivity index (χ0) is 42.3. The fraction of sp³-hybridized carbons (Fsp3) is 0.509. The minimum Gasteiger partial charge on any atom is -0.512 e. The van der Waals surface area contributed by atoms with Gasteiger partial charge in [0.25, 0.3) is 0 Å². The molecule has 1 aliphatic rings. The molecule has 0 saturated heterocycles. The van der Waals surface area contributed by atoms with Crippen molar-refractivity contribution in [2.45, 2.75) is 157 Å². The topological polar surface area (TPSA) is 50.2 Å². The molecule has 2 aromatic heterocycles. The number of hydrogen-bond acceptors (Lipinski definition) is 4. The van der Waals surface area contributed by atoms with Crippen molar-refractivity contribution in [2.24, 2.45) is 17.3 Å². The molecule has 59 heavy (non-hydrogen) atoms. The fourth-order valence-electron chi connectivity index (χ4n) is 9.44. The van der Waals surface area contributed by atoms with Crippen LogP contribution in [0.2, 0.25) is 11.6 Å². The third kappa shape index (κ3) is 11.3. The molecule has 3 nitrogen and oxygen atoms in total. The molecule has 321 valence electrons. The van der Waals surface area contributed by atoms with E-state index in [-0.39, 0.29) is 48.9 Å². The van der Waals surface area contributed by atoms with Crippen LogP contribution in [0.25, 0.3) is 32.1 Å². The molecule has 2 heterocycles. The molecule has 3 aromatic carbocycles. The maximum Gasteiger partial charge on any atom is 0.162 e. The largest absolute Gasteiger partial charge is 0.512 e. The summed E-state index contributed by atoms with van der Waals surface area (Å²) in [5, 5.41) is 15.3. The number of hydrogen-bond donors (Lipinski definition) is 1. The summed E-state index contributed by atoms with van der Waals surface area (Å²) < 4.78 is 3.05. The Hall–Kier alpha value is -2.89. The maximum absolute atomic E-state index is 11.7. The number of pyridine rings is 1. The van der Waals surface area contributed by atoms with Gasteiger partial charge in [-0.3, -0.25) is 9.78 Å². The van der Waals surface area contributed by atoms with E-state index in [2.05, 4.69) is 133 Å². The number of rotatable bonds is 13. The maximum atomic E-state index is 11.7. The zero-order valence-corrected chi connectivity index (χ0v) is 42.3. The van der Waals surface area contributed by atoms with Crippen molar-refractivity contribution in [2.75, 3.05) is 0 Å². The molecule has 0 spiro atoms. The summed E-state index contributed by atoms with van der Waals surface area (Å²) in [6.07, 6.45) is 15.1. The van der Waals surface area contributed by atoms with Gasteiger partial charge < -0.3 is 5.11 Å². The fourth-order valence-corrected chi connectivity index (χ4v) is 18.9. The molecule has 1 radical (unpaired) electrons. The number of carbonyl (C=O) groups is 1. The number of benzene rings is 3. The molecule has 0 aliphatic heterocycles. The molecule has 6 rings (SSSR count). The van der Waals surface area contributed by atoms with Crippen molar-refractivity contribution in [1.82, 2.24) is 4.98 Å². The number of fused-ring (bicyclic) bond motifs is 2. The van der Waals surface area contributed by atoms with E-state index in [1.54, 1.807) is 9.69 Å². The van der Waals surface area contributed by atoms with Crippen LogP contribution >= 0.6 is 11.3 Å². The van der Waals surface area contributed by atoms with Gasteiger partial charge in [-0.2, -0.15) is 11.3 Å². The predicted molar refractivity (Wildman–Crippen MR) is 256 cm³/mol. The zero-order valence-electron chi connectivity index (χ0n) is 38.1. The van der Waals surface area contributed by atoms with E-state index in [0.29, 0.717) is 5.41 Å². The number of nitrogens with zero attached hydrogens (tertiary/aromatic N) is 1. The Labute approximate surface area is 376 Å². The molecule has 0 bridgehead atoms. The Morgan fingerprint density at radius 2 is 1.47 bits per heavy atom. The van der Waals surface area contributed by atoms with Gasteiger partial charge in [-0.15, -0.1) is 29.1 Å². The standard InChI is InChI=1S/C40H48NSSi.C13H24O2.Ir/c1-28-33-22-24-41-36(30-26-29-16-14-15-21-34(29)35(27-30)40(5,6)7)37(33)42-38(28)43(25-23-39(2,3)4,31-17-10-8-11-18-31)32-19-12-9-13-20-32;1-5-10(6-2)12(14)9-13(15)11(7-3)8-4;/h8,10-11,14-18,21-22,24,27,32H,9,12-13,19-20,23,25H2,1-7H3;9-11,14H,5-8H2,1-4H3;/q-1;;/b;12-9-;. The Kier molecular flexibility index (Phi) is 17.6. The quantitative estimate of drug-likeness (QED) is 0.0553. The van der Waals surface area contributed by atoms with E-state index in [1.165, 1.54) is 82.6 Å². The van der Waals surface area contributed by atoms with E-state index in [9.17, 15) is 9.90 Å². The number of carbonyl (C=O) groups excluding carboxylic acids is 1. The summed E-state index contributed by atoms with van der Waals surface area (Å²) in [6.45, 7) is 24.7. The Balaban J connectivity index is 0.000000411. The van der Waals surface area contributed by atoms with E-state index in [0.717, 1.165) is 42.5 Å². The summed E-state index contributed by atoms with van der Waals surface area (Å²) in [4.78, 5) is 16.8. The molecular weight excluding hydrogens is 935 g/mol. The first-order valence-corrected chi connectivity index (χ1v) is 25.5. The monoisotopic (exact) mass is 1010 g/mol. The average Bonchev–Trinajstić information content (AvgIpc) is 3.55. The van der Waals surface area contributed by atoms with Gasteiger partial charge in [0.05, 0.1) is 5.76 Å². The second kappa shape index (κ2) is 21.3. The molecule has 0 amide bonds. The van der Waals surface area contributed by atoms with Crippen LogP contribution in [0.4, 0.5) is 0 Å². The van der Waals surface area contributed by atoms with Crippen LogP contribution in [0, 0.1) is 30.2 Å². The van der Waals surface area contributed by atoms with E-state index < -0.39 is 8.07 Å². The number of aliphatic hydroxyl groups excluding tert-OH is 1. The SMILES string of the molecule is CCC(CC)C(=O)/C=C(\O)C(CC)CC.Cc1c([Si](CCC(C)(C)C)(c2ccccc2)C2CCCCC2)sc2c(-c3[c-]c4ccccc4c(C(C)(C)C)c3)nccc12.[Ir]. The van der Waals surface area contributed by atoms with Crippen LogP contribution in [0.5, 0.6) is 0 Å². The summed E-state index contributed by atoms with van der Waals surface area (Å²) in [5.74, 6) is 0.547. The summed E-state index contributed by atoms with van der Waals surface area (Å²) in [5.41, 5.74) is 6.22. The summed E-state index contributed by atoms with van der Waals surface area (Å²) >= 11 is 2.09. The van der Waals surface area contributed by atoms with Gasteiger partial charge in [0.15, 0.2) is 5.78 Å². The van der Waals surface area contributed by atoms with Crippen molar-refractivity contribution < 1.29 is 30.0 Å². The van der Waals surface area contributed by atoms with E-state index in [4.69, 9.17) is 4.98 Å². The molecule has 6 heteroatoms. The molecule has 1 N–H and O–H groups in total. The smallest absolute Gasteiger partial charge is 0.162 e. The number of aliphatic hydroxyl groups is 1. The summed E-state index contributed by atoms with van der Waals surface area (Å²) in [6, 6.07) is 30.3. The van der Waals surface area contributed by atoms with Crippen LogP contribution in [-0.4, -0.2) is 23.9 Å². The third-order valence-electron chi connectivity index (χ3n) is 13.0. The van der Waals surface area contributed by atoms with Gasteiger partial charge in [-0.25, -0.2) is 0 Å². The Bertz CT molecular complexity index is 2150. The molecule has 5 aromatic rings. The minimum absolute atomic E-state index is 0. The summed E-state index contributed by atoms with van der Waals surface area (Å²) in [7, 11) is -2.11. The first-order chi connectivity index (χ1) is 27.6. The number of thiophene rings is 1. The molecular formula is C53H72IrNO2SSi-. The van der Waals surface area contributed by atoms with Crippen molar-refractivity contribution >= 4 is 55.7 Å². The van der Waals surface area contributed by atoms with Crippen molar-refractivity contribution in [3.05, 3.63) is 102 Å². The van der Waals surface area contributed by atoms with Gasteiger partial charge in [-0.05, 0) is 76.5 Å². The van der Waals surface area contributed by atoms with Crippen LogP contribution < -0.4 is 9.69 Å². The molecule has 1 fully saturated rings. The Morgan fingerprint density at radius 1 is 0.864 bits per heavy atom. The Morgan fingerprint density at radius 3 is 2.07 bits per heavy atom. The van der Waals surface area contributed by atoms with Crippen molar-refractivity contribution in [3.8, 4) is 11.3 Å². The van der Waals surface area contributed by atoms with Gasteiger partial charge in [0, 0.05) is 54.6 Å². The average molecular weight is 1010 g/mol. The van der Waals surface area contributed by atoms with Crippen LogP contribution in [-0.2, 0) is 30.3 Å². The first kappa shape index (κ1) is 48.8. The number of aromatic nitrogens is 1. The molecule has 1 atom stereocenters. The second-order valence-corrected chi connectivity index (χ2v) is 24.9. The van der Waals surface area contributed by atoms with Crippen molar-refractivity contribution in [1.29, 1.82) is 0 Å². The second-order valence-electron chi connectivity index (χ2n) is 19.2. The van der Waals surface area contributed by atoms with Gasteiger partial charge in [0.1, 0.15) is 8.07 Å². The predicted octanol–water partition coefficient (Wildman–Crippen LogP) is 14.7. The molecule has 1 aliphatic carbocycles.